The highest BCUT2D eigenvalue weighted by molar-refractivity contribution is 5.85. The van der Waals surface area contributed by atoms with Gasteiger partial charge in [-0.05, 0) is 39.7 Å². The lowest BCUT2D eigenvalue weighted by atomic mass is 10.1. The van der Waals surface area contributed by atoms with Crippen LogP contribution < -0.4 is 16.0 Å². The van der Waals surface area contributed by atoms with Gasteiger partial charge in [-0.1, -0.05) is 30.3 Å². The van der Waals surface area contributed by atoms with Crippen LogP contribution in [0.25, 0.3) is 0 Å². The molecule has 0 heterocycles. The molecule has 0 aliphatic rings. The second-order valence-electron chi connectivity index (χ2n) is 7.20. The summed E-state index contributed by atoms with van der Waals surface area (Å²) in [5.74, 6) is -0.514. The summed E-state index contributed by atoms with van der Waals surface area (Å²) in [5.41, 5.74) is 0.423. The lowest BCUT2D eigenvalue weighted by Gasteiger charge is -2.23. The van der Waals surface area contributed by atoms with Gasteiger partial charge in [0.15, 0.2) is 0 Å². The molecule has 0 fully saturated rings. The Morgan fingerprint density at radius 3 is 2.23 bits per heavy atom. The minimum Gasteiger partial charge on any atom is -0.444 e. The molecule has 0 saturated heterocycles. The van der Waals surface area contributed by atoms with Crippen molar-refractivity contribution < 1.29 is 19.1 Å². The number of nitrogens with one attached hydrogen (secondary N) is 3. The topological polar surface area (TPSA) is 96.5 Å². The third-order valence-corrected chi connectivity index (χ3v) is 3.38. The van der Waals surface area contributed by atoms with Crippen molar-refractivity contribution in [1.82, 2.24) is 16.0 Å². The first-order valence-corrected chi connectivity index (χ1v) is 8.65. The molecule has 0 aromatic heterocycles. The van der Waals surface area contributed by atoms with Gasteiger partial charge in [-0.15, -0.1) is 0 Å². The molecule has 7 nitrogen and oxygen atoms in total. The molecule has 0 bridgehead atoms. The van der Waals surface area contributed by atoms with Crippen LogP contribution in [0, 0.1) is 0 Å². The van der Waals surface area contributed by atoms with Crippen molar-refractivity contribution in [2.24, 2.45) is 0 Å². The van der Waals surface area contributed by atoms with Gasteiger partial charge in [0.05, 0.1) is 6.04 Å². The quantitative estimate of drug-likeness (QED) is 0.688. The lowest BCUT2D eigenvalue weighted by Crippen LogP contribution is -2.50. The van der Waals surface area contributed by atoms with E-state index < -0.39 is 17.7 Å². The monoisotopic (exact) mass is 363 g/mol. The van der Waals surface area contributed by atoms with Crippen molar-refractivity contribution in [2.75, 3.05) is 6.54 Å². The van der Waals surface area contributed by atoms with Crippen molar-refractivity contribution in [3.8, 4) is 0 Å². The zero-order valence-corrected chi connectivity index (χ0v) is 16.1. The van der Waals surface area contributed by atoms with Crippen LogP contribution in [0.1, 0.15) is 40.2 Å². The molecule has 3 N–H and O–H groups in total. The molecule has 0 radical (unpaired) electrons. The molecule has 0 unspecified atom stereocenters. The largest absolute Gasteiger partial charge is 0.444 e. The number of carbonyl (C=O) groups is 3. The first kappa shape index (κ1) is 21.5. The summed E-state index contributed by atoms with van der Waals surface area (Å²) < 4.78 is 5.13. The van der Waals surface area contributed by atoms with E-state index in [1.54, 1.807) is 27.7 Å². The summed E-state index contributed by atoms with van der Waals surface area (Å²) in [5, 5.41) is 8.07. The van der Waals surface area contributed by atoms with Crippen molar-refractivity contribution in [2.45, 2.75) is 58.7 Å². The SMILES string of the molecule is CC(=O)N[C@H](CNC(=O)[C@@H](C)NC(=O)OC(C)(C)C)Cc1ccccc1. The lowest BCUT2D eigenvalue weighted by molar-refractivity contribution is -0.123. The van der Waals surface area contributed by atoms with Crippen LogP contribution in [-0.2, 0) is 20.7 Å². The Kier molecular flexibility index (Phi) is 8.09. The highest BCUT2D eigenvalue weighted by atomic mass is 16.6. The number of rotatable bonds is 7. The van der Waals surface area contributed by atoms with E-state index in [-0.39, 0.29) is 24.4 Å². The predicted molar refractivity (Wildman–Crippen MR) is 99.6 cm³/mol. The Morgan fingerprint density at radius 1 is 1.08 bits per heavy atom. The van der Waals surface area contributed by atoms with Crippen molar-refractivity contribution >= 4 is 17.9 Å². The van der Waals surface area contributed by atoms with E-state index >= 15 is 0 Å². The molecule has 1 aromatic rings. The maximum absolute atomic E-state index is 12.2. The number of amides is 3. The molecule has 3 amide bonds. The standard InChI is InChI=1S/C19H29N3O4/c1-13(21-18(25)26-19(3,4)5)17(24)20-12-16(22-14(2)23)11-15-9-7-6-8-10-15/h6-10,13,16H,11-12H2,1-5H3,(H,20,24)(H,21,25)(H,22,23)/t13-,16+/m1/s1. The highest BCUT2D eigenvalue weighted by Gasteiger charge is 2.21. The summed E-state index contributed by atoms with van der Waals surface area (Å²) in [6.07, 6.45) is -0.0583. The third-order valence-electron chi connectivity index (χ3n) is 3.38. The maximum atomic E-state index is 12.2. The molecule has 1 rings (SSSR count). The van der Waals surface area contributed by atoms with Crippen LogP contribution in [0.4, 0.5) is 4.79 Å². The predicted octanol–water partition coefficient (Wildman–Crippen LogP) is 1.76. The van der Waals surface area contributed by atoms with Gasteiger partial charge in [-0.2, -0.15) is 0 Å². The Labute approximate surface area is 154 Å². The molecule has 1 aromatic carbocycles. The average molecular weight is 363 g/mol. The molecule has 26 heavy (non-hydrogen) atoms. The van der Waals surface area contributed by atoms with Gasteiger partial charge >= 0.3 is 6.09 Å². The van der Waals surface area contributed by atoms with Crippen LogP contribution in [0.15, 0.2) is 30.3 Å². The summed E-state index contributed by atoms with van der Waals surface area (Å²) in [6.45, 7) is 8.51. The second-order valence-corrected chi connectivity index (χ2v) is 7.20. The summed E-state index contributed by atoms with van der Waals surface area (Å²) in [4.78, 5) is 35.3. The van der Waals surface area contributed by atoms with E-state index in [0.717, 1.165) is 5.56 Å². The van der Waals surface area contributed by atoms with Gasteiger partial charge in [0.1, 0.15) is 11.6 Å². The highest BCUT2D eigenvalue weighted by Crippen LogP contribution is 2.07. The fraction of sp³-hybridized carbons (Fsp3) is 0.526. The molecular formula is C19H29N3O4. The Bertz CT molecular complexity index is 611. The van der Waals surface area contributed by atoms with E-state index in [2.05, 4.69) is 16.0 Å². The van der Waals surface area contributed by atoms with E-state index in [0.29, 0.717) is 6.42 Å². The first-order valence-electron chi connectivity index (χ1n) is 8.65. The van der Waals surface area contributed by atoms with Crippen LogP contribution in [0.3, 0.4) is 0 Å². The summed E-state index contributed by atoms with van der Waals surface area (Å²) >= 11 is 0. The van der Waals surface area contributed by atoms with Gasteiger partial charge in [0.2, 0.25) is 11.8 Å². The van der Waals surface area contributed by atoms with E-state index in [1.165, 1.54) is 6.92 Å². The molecular weight excluding hydrogens is 334 g/mol. The van der Waals surface area contributed by atoms with Crippen molar-refractivity contribution in [1.29, 1.82) is 0 Å². The normalized spacial score (nSPS) is 13.3. The fourth-order valence-corrected chi connectivity index (χ4v) is 2.29. The van der Waals surface area contributed by atoms with Gasteiger partial charge in [0, 0.05) is 13.5 Å². The fourth-order valence-electron chi connectivity index (χ4n) is 2.29. The molecule has 0 aliphatic heterocycles. The molecule has 0 saturated carbocycles. The van der Waals surface area contributed by atoms with Crippen LogP contribution in [0.2, 0.25) is 0 Å². The number of ether oxygens (including phenoxy) is 1. The second kappa shape index (κ2) is 9.79. The Morgan fingerprint density at radius 2 is 1.69 bits per heavy atom. The summed E-state index contributed by atoms with van der Waals surface area (Å²) in [6, 6.07) is 8.69. The zero-order valence-electron chi connectivity index (χ0n) is 16.1. The van der Waals surface area contributed by atoms with Gasteiger partial charge < -0.3 is 20.7 Å². The van der Waals surface area contributed by atoms with Crippen LogP contribution in [0.5, 0.6) is 0 Å². The van der Waals surface area contributed by atoms with Gasteiger partial charge in [-0.3, -0.25) is 9.59 Å². The minimum absolute atomic E-state index is 0.167. The Hall–Kier alpha value is -2.57. The molecule has 7 heteroatoms. The van der Waals surface area contributed by atoms with Crippen molar-refractivity contribution in [3.05, 3.63) is 35.9 Å². The average Bonchev–Trinajstić information content (AvgIpc) is 2.50. The number of alkyl carbamates (subject to hydrolysis) is 1. The van der Waals surface area contributed by atoms with E-state index in [4.69, 9.17) is 4.74 Å². The zero-order chi connectivity index (χ0) is 19.7. The number of hydrogen-bond acceptors (Lipinski definition) is 4. The van der Waals surface area contributed by atoms with Gasteiger partial charge in [0.25, 0.3) is 0 Å². The first-order chi connectivity index (χ1) is 12.1. The van der Waals surface area contributed by atoms with Crippen LogP contribution >= 0.6 is 0 Å². The molecule has 2 atom stereocenters. The number of hydrogen-bond donors (Lipinski definition) is 3. The summed E-state index contributed by atoms with van der Waals surface area (Å²) in [7, 11) is 0. The number of benzene rings is 1. The molecule has 0 aliphatic carbocycles. The molecule has 144 valence electrons. The van der Waals surface area contributed by atoms with E-state index in [9.17, 15) is 14.4 Å². The van der Waals surface area contributed by atoms with Crippen LogP contribution in [-0.4, -0.2) is 42.1 Å². The Balaban J connectivity index is 2.54. The molecule has 0 spiro atoms. The number of carbonyl (C=O) groups excluding carboxylic acids is 3. The van der Waals surface area contributed by atoms with Crippen molar-refractivity contribution in [3.63, 3.8) is 0 Å². The maximum Gasteiger partial charge on any atom is 0.408 e. The smallest absolute Gasteiger partial charge is 0.408 e. The van der Waals surface area contributed by atoms with Gasteiger partial charge in [-0.25, -0.2) is 4.79 Å². The third kappa shape index (κ3) is 9.05. The van der Waals surface area contributed by atoms with E-state index in [1.807, 2.05) is 30.3 Å². The minimum atomic E-state index is -0.750.